The maximum atomic E-state index is 4.64. The summed E-state index contributed by atoms with van der Waals surface area (Å²) >= 11 is 3.97. The first-order valence-corrected chi connectivity index (χ1v) is 8.53. The van der Waals surface area contributed by atoms with Gasteiger partial charge in [0.25, 0.3) is 0 Å². The molecule has 4 heteroatoms. The summed E-state index contributed by atoms with van der Waals surface area (Å²) in [5, 5.41) is 4.99. The number of nitrogens with zero attached hydrogens (tertiary/aromatic N) is 1. The van der Waals surface area contributed by atoms with Crippen molar-refractivity contribution in [2.75, 3.05) is 11.5 Å². The highest BCUT2D eigenvalue weighted by Crippen LogP contribution is 2.21. The minimum absolute atomic E-state index is 0.713. The third-order valence-corrected chi connectivity index (χ3v) is 5.55. The summed E-state index contributed by atoms with van der Waals surface area (Å²) in [7, 11) is 0. The number of thioether (sulfide) groups is 1. The highest BCUT2D eigenvalue weighted by Gasteiger charge is 2.14. The van der Waals surface area contributed by atoms with Gasteiger partial charge < -0.3 is 5.32 Å². The Hall–Kier alpha value is -0.0600. The molecule has 1 saturated heterocycles. The van der Waals surface area contributed by atoms with Gasteiger partial charge in [-0.25, -0.2) is 4.98 Å². The van der Waals surface area contributed by atoms with Crippen LogP contribution in [0.5, 0.6) is 0 Å². The number of hydrogen-bond donors (Lipinski definition) is 1. The van der Waals surface area contributed by atoms with E-state index in [2.05, 4.69) is 35.9 Å². The molecule has 96 valence electrons. The zero-order valence-corrected chi connectivity index (χ0v) is 12.4. The Balaban J connectivity index is 1.84. The van der Waals surface area contributed by atoms with Crippen molar-refractivity contribution in [1.29, 1.82) is 0 Å². The van der Waals surface area contributed by atoms with E-state index in [1.54, 1.807) is 0 Å². The lowest BCUT2D eigenvalue weighted by Gasteiger charge is -2.22. The molecule has 0 unspecified atom stereocenters. The summed E-state index contributed by atoms with van der Waals surface area (Å²) in [6.07, 6.45) is 5.03. The lowest BCUT2D eigenvalue weighted by molar-refractivity contribution is 0.509. The van der Waals surface area contributed by atoms with E-state index in [9.17, 15) is 0 Å². The summed E-state index contributed by atoms with van der Waals surface area (Å²) in [6, 6.07) is 0.713. The van der Waals surface area contributed by atoms with Gasteiger partial charge in [-0.2, -0.15) is 11.8 Å². The Kier molecular flexibility index (Phi) is 5.32. The maximum Gasteiger partial charge on any atom is 0.0931 e. The predicted octanol–water partition coefficient (Wildman–Crippen LogP) is 3.39. The zero-order chi connectivity index (χ0) is 12.1. The van der Waals surface area contributed by atoms with Crippen molar-refractivity contribution in [2.45, 2.75) is 52.1 Å². The fraction of sp³-hybridized carbons (Fsp3) is 0.769. The van der Waals surface area contributed by atoms with Crippen LogP contribution in [0.3, 0.4) is 0 Å². The maximum absolute atomic E-state index is 4.64. The number of aryl methyl sites for hydroxylation is 2. The average Bonchev–Trinajstić information content (AvgIpc) is 2.69. The van der Waals surface area contributed by atoms with Crippen molar-refractivity contribution in [3.63, 3.8) is 0 Å². The fourth-order valence-electron chi connectivity index (χ4n) is 2.11. The van der Waals surface area contributed by atoms with E-state index < -0.39 is 0 Å². The Morgan fingerprint density at radius 1 is 1.47 bits per heavy atom. The summed E-state index contributed by atoms with van der Waals surface area (Å²) in [5.74, 6) is 2.62. The molecule has 0 amide bonds. The smallest absolute Gasteiger partial charge is 0.0931 e. The van der Waals surface area contributed by atoms with Crippen molar-refractivity contribution in [1.82, 2.24) is 10.3 Å². The van der Waals surface area contributed by atoms with Gasteiger partial charge in [0.15, 0.2) is 0 Å². The number of rotatable bonds is 5. The Morgan fingerprint density at radius 3 is 3.06 bits per heavy atom. The van der Waals surface area contributed by atoms with Crippen LogP contribution in [0.4, 0.5) is 0 Å². The van der Waals surface area contributed by atoms with Gasteiger partial charge in [-0.15, -0.1) is 11.3 Å². The van der Waals surface area contributed by atoms with Crippen LogP contribution >= 0.6 is 23.1 Å². The van der Waals surface area contributed by atoms with Crippen LogP contribution in [0.2, 0.25) is 0 Å². The number of hydrogen-bond acceptors (Lipinski definition) is 4. The first-order chi connectivity index (χ1) is 8.29. The number of thiazole rings is 1. The number of aromatic nitrogens is 1. The molecule has 2 rings (SSSR count). The molecular weight excluding hydrogens is 248 g/mol. The fourth-order valence-corrected chi connectivity index (χ4v) is 4.34. The van der Waals surface area contributed by atoms with E-state index in [4.69, 9.17) is 0 Å². The molecule has 1 fully saturated rings. The van der Waals surface area contributed by atoms with E-state index in [0.29, 0.717) is 6.04 Å². The minimum atomic E-state index is 0.713. The molecule has 0 bridgehead atoms. The Morgan fingerprint density at radius 2 is 2.35 bits per heavy atom. The molecule has 2 nitrogen and oxygen atoms in total. The highest BCUT2D eigenvalue weighted by atomic mass is 32.2. The lowest BCUT2D eigenvalue weighted by Crippen LogP contribution is -2.33. The van der Waals surface area contributed by atoms with Crippen molar-refractivity contribution in [2.24, 2.45) is 0 Å². The molecule has 2 heterocycles. The van der Waals surface area contributed by atoms with E-state index in [1.807, 2.05) is 11.3 Å². The molecule has 1 aliphatic rings. The first-order valence-electron chi connectivity index (χ1n) is 6.56. The van der Waals surface area contributed by atoms with E-state index in [-0.39, 0.29) is 0 Å². The van der Waals surface area contributed by atoms with Crippen molar-refractivity contribution >= 4 is 23.1 Å². The zero-order valence-electron chi connectivity index (χ0n) is 10.8. The standard InChI is InChI=1S/C13H22N2S2/c1-3-5-13-15-10(2)12(17-13)8-14-11-6-4-7-16-9-11/h11,14H,3-9H2,1-2H3/t11-/m0/s1. The lowest BCUT2D eigenvalue weighted by atomic mass is 10.2. The van der Waals surface area contributed by atoms with Gasteiger partial charge in [0.05, 0.1) is 10.7 Å². The molecule has 17 heavy (non-hydrogen) atoms. The second-order valence-electron chi connectivity index (χ2n) is 4.66. The van der Waals surface area contributed by atoms with Crippen molar-refractivity contribution in [3.05, 3.63) is 15.6 Å². The quantitative estimate of drug-likeness (QED) is 0.888. The predicted molar refractivity (Wildman–Crippen MR) is 78.0 cm³/mol. The monoisotopic (exact) mass is 270 g/mol. The average molecular weight is 270 g/mol. The summed E-state index contributed by atoms with van der Waals surface area (Å²) in [6.45, 7) is 5.37. The van der Waals surface area contributed by atoms with Gasteiger partial charge in [-0.3, -0.25) is 0 Å². The molecule has 1 aromatic heterocycles. The van der Waals surface area contributed by atoms with E-state index >= 15 is 0 Å². The van der Waals surface area contributed by atoms with Gasteiger partial charge in [0, 0.05) is 23.2 Å². The van der Waals surface area contributed by atoms with Crippen LogP contribution in [-0.2, 0) is 13.0 Å². The van der Waals surface area contributed by atoms with Crippen LogP contribution in [-0.4, -0.2) is 22.5 Å². The van der Waals surface area contributed by atoms with Gasteiger partial charge in [0.2, 0.25) is 0 Å². The molecule has 1 N–H and O–H groups in total. The summed E-state index contributed by atoms with van der Waals surface area (Å²) < 4.78 is 0. The molecule has 0 spiro atoms. The molecule has 0 radical (unpaired) electrons. The van der Waals surface area contributed by atoms with Crippen LogP contribution < -0.4 is 5.32 Å². The molecule has 0 aromatic carbocycles. The highest BCUT2D eigenvalue weighted by molar-refractivity contribution is 7.99. The molecule has 0 aliphatic carbocycles. The third-order valence-electron chi connectivity index (χ3n) is 3.11. The topological polar surface area (TPSA) is 24.9 Å². The Labute approximate surface area is 113 Å². The van der Waals surface area contributed by atoms with Crippen LogP contribution in [0.15, 0.2) is 0 Å². The van der Waals surface area contributed by atoms with Gasteiger partial charge in [-0.1, -0.05) is 6.92 Å². The first kappa shape index (κ1) is 13.4. The van der Waals surface area contributed by atoms with Crippen molar-refractivity contribution < 1.29 is 0 Å². The second kappa shape index (κ2) is 6.76. The second-order valence-corrected chi connectivity index (χ2v) is 6.98. The van der Waals surface area contributed by atoms with Crippen LogP contribution in [0.1, 0.15) is 41.8 Å². The summed E-state index contributed by atoms with van der Waals surface area (Å²) in [4.78, 5) is 6.07. The molecule has 1 aromatic rings. The van der Waals surface area contributed by atoms with Crippen LogP contribution in [0, 0.1) is 6.92 Å². The molecule has 1 atom stereocenters. The molecular formula is C13H22N2S2. The Bertz CT molecular complexity index is 343. The summed E-state index contributed by atoms with van der Waals surface area (Å²) in [5.41, 5.74) is 1.23. The number of nitrogens with one attached hydrogen (secondary N) is 1. The van der Waals surface area contributed by atoms with Gasteiger partial charge >= 0.3 is 0 Å². The minimum Gasteiger partial charge on any atom is -0.308 e. The van der Waals surface area contributed by atoms with Gasteiger partial charge in [-0.05, 0) is 38.4 Å². The van der Waals surface area contributed by atoms with E-state index in [0.717, 1.165) is 13.0 Å². The third kappa shape index (κ3) is 3.97. The van der Waals surface area contributed by atoms with Gasteiger partial charge in [0.1, 0.15) is 0 Å². The SMILES string of the molecule is CCCc1nc(C)c(CN[C@H]2CCCSC2)s1. The normalized spacial score (nSPS) is 20.7. The molecule has 0 saturated carbocycles. The van der Waals surface area contributed by atoms with Crippen molar-refractivity contribution in [3.8, 4) is 0 Å². The van der Waals surface area contributed by atoms with E-state index in [1.165, 1.54) is 46.3 Å². The largest absolute Gasteiger partial charge is 0.308 e. The molecule has 1 aliphatic heterocycles. The van der Waals surface area contributed by atoms with Crippen LogP contribution in [0.25, 0.3) is 0 Å².